The number of nitrogens with zero attached hydrogens (tertiary/aromatic N) is 3. The van der Waals surface area contributed by atoms with Crippen molar-refractivity contribution in [3.63, 3.8) is 0 Å². The number of ketones is 2. The van der Waals surface area contributed by atoms with Crippen molar-refractivity contribution in [2.45, 2.75) is 69.4 Å². The number of hydrogen-bond acceptors (Lipinski definition) is 10. The summed E-state index contributed by atoms with van der Waals surface area (Å²) in [6.45, 7) is 4.38. The first-order valence-electron chi connectivity index (χ1n) is 16.1. The number of carbonyl (C=O) groups excluding carboxylic acids is 3. The molecule has 0 unspecified atom stereocenters. The van der Waals surface area contributed by atoms with E-state index in [0.29, 0.717) is 36.3 Å². The number of halogens is 1. The molecule has 4 rings (SSSR count). The number of nitrogens with two attached hydrogens (primary N) is 2. The number of aromatic nitrogens is 1. The van der Waals surface area contributed by atoms with Crippen molar-refractivity contribution in [3.8, 4) is 5.75 Å². The van der Waals surface area contributed by atoms with Crippen LogP contribution in [0, 0.1) is 11.8 Å². The van der Waals surface area contributed by atoms with E-state index < -0.39 is 34.2 Å². The second kappa shape index (κ2) is 17.2. The Kier molecular flexibility index (Phi) is 13.4. The van der Waals surface area contributed by atoms with Gasteiger partial charge >= 0.3 is 6.09 Å². The van der Waals surface area contributed by atoms with Crippen LogP contribution in [0.15, 0.2) is 52.4 Å². The molecule has 0 spiro atoms. The SMILES string of the molecule is COc1ccc(Cl)cc1S(=O)(=O)N1CCC(OC(=O)N[C@@H](CC(C)C)C(=O)C[C@@H](CCCN=C(N)N)C(=O)c2nc3ccccc3s2)CC1. The molecule has 1 fully saturated rings. The molecule has 49 heavy (non-hydrogen) atoms. The van der Waals surface area contributed by atoms with E-state index in [9.17, 15) is 22.8 Å². The fourth-order valence-corrected chi connectivity index (χ4v) is 8.53. The molecule has 2 atom stereocenters. The van der Waals surface area contributed by atoms with Crippen LogP contribution >= 0.6 is 22.9 Å². The number of hydrogen-bond donors (Lipinski definition) is 3. The third-order valence-electron chi connectivity index (χ3n) is 8.13. The molecular weight excluding hydrogens is 692 g/mol. The second-order valence-corrected chi connectivity index (χ2v) is 15.7. The van der Waals surface area contributed by atoms with Crippen molar-refractivity contribution >= 4 is 66.8 Å². The van der Waals surface area contributed by atoms with Gasteiger partial charge in [-0.1, -0.05) is 37.6 Å². The smallest absolute Gasteiger partial charge is 0.407 e. The molecule has 1 aliphatic rings. The molecule has 1 saturated heterocycles. The lowest BCUT2D eigenvalue weighted by Gasteiger charge is -2.31. The summed E-state index contributed by atoms with van der Waals surface area (Å²) < 4.78 is 39.7. The normalized spacial score (nSPS) is 15.4. The van der Waals surface area contributed by atoms with Crippen molar-refractivity contribution in [2.24, 2.45) is 28.3 Å². The third-order valence-corrected chi connectivity index (χ3v) is 11.3. The van der Waals surface area contributed by atoms with E-state index in [-0.39, 0.29) is 71.5 Å². The van der Waals surface area contributed by atoms with Crippen LogP contribution in [0.4, 0.5) is 4.79 Å². The number of para-hydroxylation sites is 1. The second-order valence-electron chi connectivity index (χ2n) is 12.3. The maximum absolute atomic E-state index is 13.7. The Hall–Kier alpha value is -3.79. The topological polar surface area (TPSA) is 196 Å². The van der Waals surface area contributed by atoms with Crippen LogP contribution in [-0.4, -0.2) is 80.2 Å². The maximum atomic E-state index is 13.7. The van der Waals surface area contributed by atoms with Gasteiger partial charge in [0.05, 0.1) is 23.4 Å². The number of fused-ring (bicyclic) bond motifs is 1. The van der Waals surface area contributed by atoms with E-state index in [4.69, 9.17) is 32.5 Å². The van der Waals surface area contributed by atoms with Gasteiger partial charge < -0.3 is 26.3 Å². The standard InChI is InChI=1S/C33H43ClN6O7S2/c1-20(2)17-25(26(41)18-21(7-6-14-37-32(35)36)30(42)31-38-24-8-4-5-9-28(24)48-31)39-33(43)47-23-12-15-40(16-13-23)49(44,45)29-19-22(34)10-11-27(29)46-3/h4-5,8-11,19-21,23,25H,6-7,12-18H2,1-3H3,(H,39,43)(H4,35,36,37)/t21-,25+/m1/s1. The summed E-state index contributed by atoms with van der Waals surface area (Å²) in [6.07, 6.45) is 0.206. The van der Waals surface area contributed by atoms with Crippen LogP contribution in [-0.2, 0) is 19.6 Å². The van der Waals surface area contributed by atoms with Gasteiger partial charge in [0.15, 0.2) is 22.5 Å². The van der Waals surface area contributed by atoms with Crippen molar-refractivity contribution in [1.82, 2.24) is 14.6 Å². The molecule has 3 aromatic rings. The monoisotopic (exact) mass is 734 g/mol. The largest absolute Gasteiger partial charge is 0.495 e. The Morgan fingerprint density at radius 2 is 1.86 bits per heavy atom. The molecule has 0 aliphatic carbocycles. The van der Waals surface area contributed by atoms with Crippen LogP contribution in [0.3, 0.4) is 0 Å². The number of benzene rings is 2. The van der Waals surface area contributed by atoms with Gasteiger partial charge in [-0.3, -0.25) is 14.6 Å². The number of rotatable bonds is 16. The highest BCUT2D eigenvalue weighted by molar-refractivity contribution is 7.89. The number of methoxy groups -OCH3 is 1. The van der Waals surface area contributed by atoms with E-state index in [1.165, 1.54) is 34.9 Å². The number of nitrogens with one attached hydrogen (secondary N) is 1. The highest BCUT2D eigenvalue weighted by Crippen LogP contribution is 2.32. The number of guanidine groups is 1. The summed E-state index contributed by atoms with van der Waals surface area (Å²) in [7, 11) is -2.53. The Bertz CT molecular complexity index is 1740. The first-order chi connectivity index (χ1) is 23.3. The summed E-state index contributed by atoms with van der Waals surface area (Å²) in [6, 6.07) is 10.9. The Labute approximate surface area is 295 Å². The molecule has 2 heterocycles. The van der Waals surface area contributed by atoms with Crippen molar-refractivity contribution in [3.05, 3.63) is 52.5 Å². The third kappa shape index (κ3) is 10.4. The van der Waals surface area contributed by atoms with Gasteiger partial charge in [0, 0.05) is 37.0 Å². The lowest BCUT2D eigenvalue weighted by atomic mass is 9.88. The molecule has 0 saturated carbocycles. The van der Waals surface area contributed by atoms with Crippen LogP contribution in [0.25, 0.3) is 10.2 Å². The van der Waals surface area contributed by atoms with Gasteiger partial charge in [-0.2, -0.15) is 4.31 Å². The number of Topliss-reactive ketones (excluding diaryl/α,β-unsaturated/α-hetero) is 2. The minimum Gasteiger partial charge on any atom is -0.495 e. The average Bonchev–Trinajstić information content (AvgIpc) is 3.50. The summed E-state index contributed by atoms with van der Waals surface area (Å²) in [5.74, 6) is -1.07. The number of ether oxygens (including phenoxy) is 2. The molecule has 1 aliphatic heterocycles. The number of alkyl carbamates (subject to hydrolysis) is 1. The van der Waals surface area contributed by atoms with E-state index in [1.54, 1.807) is 6.07 Å². The number of carbonyl (C=O) groups is 3. The van der Waals surface area contributed by atoms with E-state index in [2.05, 4.69) is 15.3 Å². The average molecular weight is 735 g/mol. The number of thiazole rings is 1. The minimum atomic E-state index is -3.91. The lowest BCUT2D eigenvalue weighted by Crippen LogP contribution is -2.46. The fraction of sp³-hybridized carbons (Fsp3) is 0.485. The lowest BCUT2D eigenvalue weighted by molar-refractivity contribution is -0.122. The molecule has 0 bridgehead atoms. The van der Waals surface area contributed by atoms with Crippen LogP contribution in [0.2, 0.25) is 5.02 Å². The number of piperidine rings is 1. The molecule has 2 aromatic carbocycles. The predicted molar refractivity (Wildman–Crippen MR) is 190 cm³/mol. The Morgan fingerprint density at radius 1 is 1.14 bits per heavy atom. The number of aliphatic imine (C=N–C) groups is 1. The molecule has 5 N–H and O–H groups in total. The summed E-state index contributed by atoms with van der Waals surface area (Å²) >= 11 is 7.33. The molecule has 1 aromatic heterocycles. The van der Waals surface area contributed by atoms with Crippen molar-refractivity contribution in [1.29, 1.82) is 0 Å². The summed E-state index contributed by atoms with van der Waals surface area (Å²) in [4.78, 5) is 49.0. The zero-order chi connectivity index (χ0) is 35.7. The van der Waals surface area contributed by atoms with E-state index in [0.717, 1.165) is 4.70 Å². The Morgan fingerprint density at radius 3 is 2.51 bits per heavy atom. The Balaban J connectivity index is 1.40. The minimum absolute atomic E-state index is 0.0363. The molecular formula is C33H43ClN6O7S2. The van der Waals surface area contributed by atoms with Gasteiger partial charge in [0.1, 0.15) is 16.7 Å². The zero-order valence-electron chi connectivity index (χ0n) is 27.8. The van der Waals surface area contributed by atoms with Crippen molar-refractivity contribution < 1.29 is 32.3 Å². The molecule has 16 heteroatoms. The van der Waals surface area contributed by atoms with Crippen LogP contribution < -0.4 is 21.5 Å². The number of amides is 1. The van der Waals surface area contributed by atoms with Gasteiger partial charge in [-0.25, -0.2) is 18.2 Å². The molecule has 1 amide bonds. The van der Waals surface area contributed by atoms with Gasteiger partial charge in [-0.15, -0.1) is 11.3 Å². The van der Waals surface area contributed by atoms with E-state index >= 15 is 0 Å². The molecule has 0 radical (unpaired) electrons. The number of sulfonamides is 1. The predicted octanol–water partition coefficient (Wildman–Crippen LogP) is 4.76. The first-order valence-corrected chi connectivity index (χ1v) is 18.7. The van der Waals surface area contributed by atoms with E-state index in [1.807, 2.05) is 38.1 Å². The van der Waals surface area contributed by atoms with Crippen LogP contribution in [0.5, 0.6) is 5.75 Å². The zero-order valence-corrected chi connectivity index (χ0v) is 30.2. The molecule has 13 nitrogen and oxygen atoms in total. The quantitative estimate of drug-likeness (QED) is 0.0799. The fourth-order valence-electron chi connectivity index (χ4n) is 5.66. The highest BCUT2D eigenvalue weighted by atomic mass is 35.5. The summed E-state index contributed by atoms with van der Waals surface area (Å²) in [5.41, 5.74) is 11.6. The highest BCUT2D eigenvalue weighted by Gasteiger charge is 2.34. The van der Waals surface area contributed by atoms with Crippen LogP contribution in [0.1, 0.15) is 62.2 Å². The summed E-state index contributed by atoms with van der Waals surface area (Å²) in [5, 5.41) is 3.30. The van der Waals surface area contributed by atoms with Gasteiger partial charge in [0.2, 0.25) is 10.0 Å². The maximum Gasteiger partial charge on any atom is 0.407 e. The first kappa shape index (κ1) is 38.0. The van der Waals surface area contributed by atoms with Gasteiger partial charge in [0.25, 0.3) is 0 Å². The van der Waals surface area contributed by atoms with Gasteiger partial charge in [-0.05, 0) is 68.4 Å². The molecule has 266 valence electrons. The van der Waals surface area contributed by atoms with Crippen molar-refractivity contribution in [2.75, 3.05) is 26.7 Å².